The Morgan fingerprint density at radius 2 is 2.15 bits per heavy atom. The molecule has 0 aromatic heterocycles. The molecule has 0 saturated carbocycles. The number of benzene rings is 1. The highest BCUT2D eigenvalue weighted by molar-refractivity contribution is 7.99. The lowest BCUT2D eigenvalue weighted by Gasteiger charge is -2.26. The molecule has 1 aliphatic rings. The Balaban J connectivity index is 1.82. The predicted molar refractivity (Wildman–Crippen MR) is 69.4 cm³/mol. The number of ether oxygens (including phenoxy) is 1. The van der Waals surface area contributed by atoms with Crippen LogP contribution < -0.4 is 5.32 Å². The summed E-state index contributed by atoms with van der Waals surface area (Å²) < 4.78 is 53.8. The third-order valence-corrected chi connectivity index (χ3v) is 4.09. The normalized spacial score (nSPS) is 18.9. The maximum absolute atomic E-state index is 13.6. The van der Waals surface area contributed by atoms with Gasteiger partial charge >= 0.3 is 6.18 Å². The lowest BCUT2D eigenvalue weighted by atomic mass is 10.0. The van der Waals surface area contributed by atoms with Crippen molar-refractivity contribution in [3.8, 4) is 0 Å². The Labute approximate surface area is 118 Å². The largest absolute Gasteiger partial charge is 0.411 e. The molecule has 7 heteroatoms. The average molecular weight is 309 g/mol. The maximum atomic E-state index is 13.6. The molecule has 0 saturated heterocycles. The molecule has 1 atom stereocenters. The number of halogens is 4. The van der Waals surface area contributed by atoms with Crippen LogP contribution in [0.4, 0.5) is 17.6 Å². The summed E-state index contributed by atoms with van der Waals surface area (Å²) >= 11 is 1.47. The van der Waals surface area contributed by atoms with Crippen LogP contribution in [0.1, 0.15) is 18.0 Å². The Bertz CT molecular complexity index is 452. The van der Waals surface area contributed by atoms with Crippen LogP contribution in [0.3, 0.4) is 0 Å². The van der Waals surface area contributed by atoms with E-state index < -0.39 is 12.8 Å². The number of hydrogen-bond acceptors (Lipinski definition) is 3. The van der Waals surface area contributed by atoms with Crippen LogP contribution in [0.15, 0.2) is 23.1 Å². The van der Waals surface area contributed by atoms with E-state index in [9.17, 15) is 17.6 Å². The first-order valence-electron chi connectivity index (χ1n) is 6.26. The van der Waals surface area contributed by atoms with Crippen molar-refractivity contribution in [1.29, 1.82) is 0 Å². The SMILES string of the molecule is Fc1cccc2c1SCCC2NCCOCC(F)(F)F. The zero-order valence-electron chi connectivity index (χ0n) is 10.7. The lowest BCUT2D eigenvalue weighted by molar-refractivity contribution is -0.173. The van der Waals surface area contributed by atoms with Gasteiger partial charge in [-0.1, -0.05) is 12.1 Å². The molecule has 0 amide bonds. The Hall–Kier alpha value is -0.790. The molecule has 0 aliphatic carbocycles. The molecule has 1 unspecified atom stereocenters. The second kappa shape index (κ2) is 6.78. The fourth-order valence-electron chi connectivity index (χ4n) is 2.09. The zero-order valence-corrected chi connectivity index (χ0v) is 11.5. The highest BCUT2D eigenvalue weighted by atomic mass is 32.2. The van der Waals surface area contributed by atoms with Crippen LogP contribution in [0.25, 0.3) is 0 Å². The van der Waals surface area contributed by atoms with E-state index in [4.69, 9.17) is 0 Å². The fraction of sp³-hybridized carbons (Fsp3) is 0.538. The van der Waals surface area contributed by atoms with E-state index in [1.807, 2.05) is 6.07 Å². The fourth-order valence-corrected chi connectivity index (χ4v) is 3.23. The number of hydrogen-bond donors (Lipinski definition) is 1. The third kappa shape index (κ3) is 4.36. The first kappa shape index (κ1) is 15.6. The first-order chi connectivity index (χ1) is 9.47. The summed E-state index contributed by atoms with van der Waals surface area (Å²) in [4.78, 5) is 0.632. The molecule has 1 aromatic rings. The minimum Gasteiger partial charge on any atom is -0.371 e. The van der Waals surface area contributed by atoms with E-state index in [-0.39, 0.29) is 18.5 Å². The zero-order chi connectivity index (χ0) is 14.6. The van der Waals surface area contributed by atoms with Crippen LogP contribution in [0.5, 0.6) is 0 Å². The molecular weight excluding hydrogens is 294 g/mol. The summed E-state index contributed by atoms with van der Waals surface area (Å²) in [7, 11) is 0. The van der Waals surface area contributed by atoms with Gasteiger partial charge in [-0.2, -0.15) is 13.2 Å². The second-order valence-corrected chi connectivity index (χ2v) is 5.57. The monoisotopic (exact) mass is 309 g/mol. The van der Waals surface area contributed by atoms with Crippen LogP contribution >= 0.6 is 11.8 Å². The minimum absolute atomic E-state index is 0.0200. The molecule has 0 spiro atoms. The van der Waals surface area contributed by atoms with Crippen molar-refractivity contribution in [1.82, 2.24) is 5.32 Å². The van der Waals surface area contributed by atoms with Crippen molar-refractivity contribution < 1.29 is 22.3 Å². The van der Waals surface area contributed by atoms with Crippen LogP contribution in [0, 0.1) is 5.82 Å². The number of fused-ring (bicyclic) bond motifs is 1. The summed E-state index contributed by atoms with van der Waals surface area (Å²) in [6.45, 7) is -0.949. The van der Waals surface area contributed by atoms with E-state index in [1.54, 1.807) is 6.07 Å². The van der Waals surface area contributed by atoms with Gasteiger partial charge in [0.1, 0.15) is 12.4 Å². The van der Waals surface area contributed by atoms with Crippen LogP contribution in [-0.4, -0.2) is 31.7 Å². The van der Waals surface area contributed by atoms with Gasteiger partial charge in [0, 0.05) is 17.5 Å². The average Bonchev–Trinajstić information content (AvgIpc) is 2.38. The highest BCUT2D eigenvalue weighted by Crippen LogP contribution is 2.37. The lowest BCUT2D eigenvalue weighted by Crippen LogP contribution is -2.29. The molecule has 0 radical (unpaired) electrons. The van der Waals surface area contributed by atoms with E-state index in [0.717, 1.165) is 17.7 Å². The van der Waals surface area contributed by atoms with Crippen molar-refractivity contribution in [2.75, 3.05) is 25.5 Å². The molecule has 1 aliphatic heterocycles. The molecule has 1 N–H and O–H groups in total. The molecular formula is C13H15F4NOS. The number of nitrogens with one attached hydrogen (secondary N) is 1. The number of rotatable bonds is 5. The van der Waals surface area contributed by atoms with Gasteiger partial charge in [-0.15, -0.1) is 11.8 Å². The Morgan fingerprint density at radius 3 is 2.90 bits per heavy atom. The van der Waals surface area contributed by atoms with E-state index >= 15 is 0 Å². The molecule has 0 fully saturated rings. The summed E-state index contributed by atoms with van der Waals surface area (Å²) in [5.74, 6) is 0.543. The molecule has 1 heterocycles. The smallest absolute Gasteiger partial charge is 0.371 e. The Kier molecular flexibility index (Phi) is 5.29. The molecule has 0 bridgehead atoms. The van der Waals surface area contributed by atoms with Gasteiger partial charge in [0.15, 0.2) is 0 Å². The minimum atomic E-state index is -4.29. The molecule has 112 valence electrons. The van der Waals surface area contributed by atoms with Crippen molar-refractivity contribution in [2.45, 2.75) is 23.5 Å². The first-order valence-corrected chi connectivity index (χ1v) is 7.25. The Morgan fingerprint density at radius 1 is 1.35 bits per heavy atom. The quantitative estimate of drug-likeness (QED) is 0.664. The number of alkyl halides is 3. The second-order valence-electron chi connectivity index (χ2n) is 4.47. The van der Waals surface area contributed by atoms with E-state index in [0.29, 0.717) is 11.4 Å². The van der Waals surface area contributed by atoms with Crippen molar-refractivity contribution in [3.63, 3.8) is 0 Å². The summed E-state index contributed by atoms with van der Waals surface area (Å²) in [5.41, 5.74) is 0.872. The van der Waals surface area contributed by atoms with Gasteiger partial charge in [-0.05, 0) is 23.8 Å². The topological polar surface area (TPSA) is 21.3 Å². The van der Waals surface area contributed by atoms with E-state index in [1.165, 1.54) is 17.8 Å². The van der Waals surface area contributed by atoms with Gasteiger partial charge in [0.2, 0.25) is 0 Å². The molecule has 20 heavy (non-hydrogen) atoms. The predicted octanol–water partition coefficient (Wildman–Crippen LogP) is 3.53. The van der Waals surface area contributed by atoms with Gasteiger partial charge in [-0.3, -0.25) is 0 Å². The third-order valence-electron chi connectivity index (χ3n) is 2.93. The number of thioether (sulfide) groups is 1. The van der Waals surface area contributed by atoms with Gasteiger partial charge in [0.05, 0.1) is 6.61 Å². The molecule has 2 nitrogen and oxygen atoms in total. The van der Waals surface area contributed by atoms with Gasteiger partial charge < -0.3 is 10.1 Å². The molecule has 1 aromatic carbocycles. The molecule has 2 rings (SSSR count). The summed E-state index contributed by atoms with van der Waals surface area (Å²) in [6.07, 6.45) is -3.47. The highest BCUT2D eigenvalue weighted by Gasteiger charge is 2.27. The van der Waals surface area contributed by atoms with Crippen LogP contribution in [-0.2, 0) is 4.74 Å². The van der Waals surface area contributed by atoms with Gasteiger partial charge in [-0.25, -0.2) is 4.39 Å². The van der Waals surface area contributed by atoms with Crippen molar-refractivity contribution in [3.05, 3.63) is 29.6 Å². The van der Waals surface area contributed by atoms with Crippen LogP contribution in [0.2, 0.25) is 0 Å². The van der Waals surface area contributed by atoms with Gasteiger partial charge in [0.25, 0.3) is 0 Å². The van der Waals surface area contributed by atoms with E-state index in [2.05, 4.69) is 10.1 Å². The van der Waals surface area contributed by atoms with Crippen molar-refractivity contribution >= 4 is 11.8 Å². The van der Waals surface area contributed by atoms with Crippen molar-refractivity contribution in [2.24, 2.45) is 0 Å². The standard InChI is InChI=1S/C13H15F4NOS/c14-10-3-1-2-9-11(4-7-20-12(9)10)18-5-6-19-8-13(15,16)17/h1-3,11,18H,4-8H2. The summed E-state index contributed by atoms with van der Waals surface area (Å²) in [5, 5.41) is 3.12. The summed E-state index contributed by atoms with van der Waals surface area (Å²) in [6, 6.07) is 4.88. The maximum Gasteiger partial charge on any atom is 0.411 e.